The number of aliphatic imine (C=N–C) groups is 1. The van der Waals surface area contributed by atoms with Crippen LogP contribution >= 0.6 is 0 Å². The third kappa shape index (κ3) is 6.64. The van der Waals surface area contributed by atoms with Crippen LogP contribution in [0.3, 0.4) is 0 Å². The van der Waals surface area contributed by atoms with Crippen LogP contribution in [0.25, 0.3) is 0 Å². The summed E-state index contributed by atoms with van der Waals surface area (Å²) >= 11 is 0. The van der Waals surface area contributed by atoms with Crippen molar-refractivity contribution in [3.8, 4) is 0 Å². The highest BCUT2D eigenvalue weighted by Gasteiger charge is 2.47. The molecule has 0 bridgehead atoms. The molecule has 38 heavy (non-hydrogen) atoms. The molecule has 2 aromatic rings. The van der Waals surface area contributed by atoms with Gasteiger partial charge in [0.1, 0.15) is 11.8 Å². The van der Waals surface area contributed by atoms with Crippen LogP contribution in [0.15, 0.2) is 53.5 Å². The maximum Gasteiger partial charge on any atom is 0.416 e. The van der Waals surface area contributed by atoms with Crippen molar-refractivity contribution in [1.82, 2.24) is 16.1 Å². The predicted octanol–water partition coefficient (Wildman–Crippen LogP) is 3.85. The van der Waals surface area contributed by atoms with Gasteiger partial charge in [0, 0.05) is 6.54 Å². The van der Waals surface area contributed by atoms with Crippen LogP contribution in [0, 0.1) is 0 Å². The number of piperidine rings is 1. The van der Waals surface area contributed by atoms with Gasteiger partial charge in [0.05, 0.1) is 35.7 Å². The zero-order chi connectivity index (χ0) is 28.2. The molecule has 6 N–H and O–H groups in total. The smallest absolute Gasteiger partial charge is 0.376 e. The van der Waals surface area contributed by atoms with Crippen molar-refractivity contribution in [3.63, 3.8) is 0 Å². The molecule has 1 unspecified atom stereocenters. The summed E-state index contributed by atoms with van der Waals surface area (Å²) in [5.74, 6) is 5.32. The number of benzene rings is 2. The van der Waals surface area contributed by atoms with E-state index < -0.39 is 46.9 Å². The molecule has 0 saturated carbocycles. The van der Waals surface area contributed by atoms with Gasteiger partial charge in [-0.2, -0.15) is 26.3 Å². The van der Waals surface area contributed by atoms with E-state index in [9.17, 15) is 31.4 Å². The molecule has 0 radical (unpaired) electrons. The number of alkyl halides is 6. The quantitative estimate of drug-likeness (QED) is 0.0817. The number of likely N-dealkylation sites (N-methyl/N-ethyl adjacent to an activating group) is 1. The zero-order valence-electron chi connectivity index (χ0n) is 20.8. The molecule has 7 nitrogen and oxygen atoms in total. The van der Waals surface area contributed by atoms with Crippen molar-refractivity contribution >= 4 is 6.34 Å². The standard InChI is InChI=1S/C25H31F6N5O2/c1-16(17-10-19(24(26,27)28)12-20(11-17)25(29,30)31)38-14-23(18-6-4-3-5-7-18)9-8-22(13-34-23,21(37)33-2)35-15-36-32/h3-7,10-12,15-16,21,33-34,37H,8-9,13-14,32H2,1-2H3,(H,35,36)/t16-,21?,22+,23-/m1/s1. The largest absolute Gasteiger partial charge is 0.416 e. The van der Waals surface area contributed by atoms with Crippen molar-refractivity contribution in [2.75, 3.05) is 20.2 Å². The van der Waals surface area contributed by atoms with E-state index >= 15 is 0 Å². The molecule has 0 spiro atoms. The second-order valence-corrected chi connectivity index (χ2v) is 9.31. The number of aliphatic hydroxyl groups excluding tert-OH is 1. The lowest BCUT2D eigenvalue weighted by atomic mass is 9.75. The second kappa shape index (κ2) is 11.6. The number of nitrogens with one attached hydrogen (secondary N) is 3. The topological polar surface area (TPSA) is 104 Å². The van der Waals surface area contributed by atoms with E-state index in [-0.39, 0.29) is 24.8 Å². The molecule has 1 heterocycles. The number of ether oxygens (including phenoxy) is 1. The van der Waals surface area contributed by atoms with E-state index in [0.29, 0.717) is 25.0 Å². The Labute approximate surface area is 216 Å². The predicted molar refractivity (Wildman–Crippen MR) is 130 cm³/mol. The summed E-state index contributed by atoms with van der Waals surface area (Å²) in [5.41, 5.74) is -1.77. The van der Waals surface area contributed by atoms with Crippen molar-refractivity contribution < 1.29 is 36.2 Å². The number of nitrogens with zero attached hydrogens (tertiary/aromatic N) is 1. The molecule has 1 aliphatic heterocycles. The minimum absolute atomic E-state index is 0.0691. The first kappa shape index (κ1) is 29.8. The summed E-state index contributed by atoms with van der Waals surface area (Å²) in [7, 11) is 1.58. The Bertz CT molecular complexity index is 1050. The molecule has 210 valence electrons. The fourth-order valence-corrected chi connectivity index (χ4v) is 4.56. The number of aliphatic hydroxyl groups is 1. The fourth-order valence-electron chi connectivity index (χ4n) is 4.56. The normalized spacial score (nSPS) is 24.4. The van der Waals surface area contributed by atoms with Gasteiger partial charge in [-0.1, -0.05) is 30.3 Å². The Balaban J connectivity index is 1.91. The van der Waals surface area contributed by atoms with E-state index in [1.807, 2.05) is 30.3 Å². The minimum atomic E-state index is -4.96. The molecule has 2 aromatic carbocycles. The Morgan fingerprint density at radius 1 is 1.08 bits per heavy atom. The number of rotatable bonds is 9. The van der Waals surface area contributed by atoms with E-state index in [4.69, 9.17) is 10.6 Å². The van der Waals surface area contributed by atoms with Crippen molar-refractivity contribution in [3.05, 3.63) is 70.8 Å². The lowest BCUT2D eigenvalue weighted by molar-refractivity contribution is -0.143. The van der Waals surface area contributed by atoms with Crippen LogP contribution in [0.1, 0.15) is 48.1 Å². The Morgan fingerprint density at radius 2 is 1.68 bits per heavy atom. The summed E-state index contributed by atoms with van der Waals surface area (Å²) in [6.07, 6.45) is -10.0. The van der Waals surface area contributed by atoms with Crippen molar-refractivity contribution in [2.24, 2.45) is 10.8 Å². The van der Waals surface area contributed by atoms with Crippen LogP contribution in [-0.2, 0) is 22.6 Å². The molecule has 0 amide bonds. The van der Waals surface area contributed by atoms with Gasteiger partial charge in [-0.15, -0.1) is 0 Å². The van der Waals surface area contributed by atoms with Gasteiger partial charge < -0.3 is 20.6 Å². The van der Waals surface area contributed by atoms with Gasteiger partial charge in [0.15, 0.2) is 0 Å². The maximum atomic E-state index is 13.3. The summed E-state index contributed by atoms with van der Waals surface area (Å²) in [6.45, 7) is 1.51. The summed E-state index contributed by atoms with van der Waals surface area (Å²) in [5, 5.41) is 16.8. The minimum Gasteiger partial charge on any atom is -0.376 e. The third-order valence-electron chi connectivity index (χ3n) is 6.88. The molecular formula is C25H31F6N5O2. The molecule has 4 atom stereocenters. The highest BCUT2D eigenvalue weighted by molar-refractivity contribution is 5.54. The Hall–Kier alpha value is -2.71. The van der Waals surface area contributed by atoms with E-state index in [2.05, 4.69) is 21.1 Å². The molecule has 0 aliphatic carbocycles. The molecule has 1 saturated heterocycles. The number of hydrogen-bond donors (Lipinski definition) is 5. The molecule has 1 aliphatic rings. The van der Waals surface area contributed by atoms with Gasteiger partial charge >= 0.3 is 12.4 Å². The maximum absolute atomic E-state index is 13.3. The second-order valence-electron chi connectivity index (χ2n) is 9.31. The number of hydrazine groups is 1. The van der Waals surface area contributed by atoms with Crippen LogP contribution in [-0.4, -0.2) is 43.4 Å². The molecular weight excluding hydrogens is 516 g/mol. The monoisotopic (exact) mass is 547 g/mol. The van der Waals surface area contributed by atoms with Crippen LogP contribution in [0.2, 0.25) is 0 Å². The first-order valence-corrected chi connectivity index (χ1v) is 11.8. The lowest BCUT2D eigenvalue weighted by Crippen LogP contribution is -2.63. The Kier molecular flexibility index (Phi) is 9.09. The van der Waals surface area contributed by atoms with Gasteiger partial charge in [-0.25, -0.2) is 5.84 Å². The average Bonchev–Trinajstić information content (AvgIpc) is 2.90. The number of nitrogens with two attached hydrogens (primary N) is 1. The molecule has 13 heteroatoms. The highest BCUT2D eigenvalue weighted by atomic mass is 19.4. The first-order chi connectivity index (χ1) is 17.8. The molecule has 0 aromatic heterocycles. The van der Waals surface area contributed by atoms with Gasteiger partial charge in [-0.3, -0.25) is 10.3 Å². The van der Waals surface area contributed by atoms with Crippen LogP contribution in [0.5, 0.6) is 0 Å². The van der Waals surface area contributed by atoms with Gasteiger partial charge in [0.25, 0.3) is 0 Å². The lowest BCUT2D eigenvalue weighted by Gasteiger charge is -2.47. The SMILES string of the molecule is CNC(O)[C@]1(N=CNN)CC[C@@](CO[C@H](C)c2cc(C(F)(F)F)cc(C(F)(F)F)c2)(c2ccccc2)NC1. The summed E-state index contributed by atoms with van der Waals surface area (Å²) in [4.78, 5) is 4.38. The van der Waals surface area contributed by atoms with Crippen molar-refractivity contribution in [2.45, 2.75) is 55.5 Å². The zero-order valence-corrected chi connectivity index (χ0v) is 20.8. The number of halogens is 6. The highest BCUT2D eigenvalue weighted by Crippen LogP contribution is 2.40. The molecule has 3 rings (SSSR count). The Morgan fingerprint density at radius 3 is 2.16 bits per heavy atom. The first-order valence-electron chi connectivity index (χ1n) is 11.8. The average molecular weight is 548 g/mol. The van der Waals surface area contributed by atoms with E-state index in [1.165, 1.54) is 13.3 Å². The summed E-state index contributed by atoms with van der Waals surface area (Å²) in [6, 6.07) is 10.6. The van der Waals surface area contributed by atoms with Crippen molar-refractivity contribution in [1.29, 1.82) is 0 Å². The van der Waals surface area contributed by atoms with E-state index in [1.54, 1.807) is 7.05 Å². The van der Waals surface area contributed by atoms with Gasteiger partial charge in [-0.05, 0) is 56.1 Å². The van der Waals surface area contributed by atoms with E-state index in [0.717, 1.165) is 5.56 Å². The van der Waals surface area contributed by atoms with Crippen LogP contribution < -0.4 is 21.9 Å². The fraction of sp³-hybridized carbons (Fsp3) is 0.480. The van der Waals surface area contributed by atoms with Gasteiger partial charge in [0.2, 0.25) is 0 Å². The summed E-state index contributed by atoms with van der Waals surface area (Å²) < 4.78 is 86.0. The molecule has 1 fully saturated rings. The van der Waals surface area contributed by atoms with Crippen LogP contribution in [0.4, 0.5) is 26.3 Å². The number of hydrogen-bond acceptors (Lipinski definition) is 6. The third-order valence-corrected chi connectivity index (χ3v) is 6.88.